The van der Waals surface area contributed by atoms with Crippen LogP contribution in [0.5, 0.6) is 11.5 Å². The van der Waals surface area contributed by atoms with Gasteiger partial charge in [-0.25, -0.2) is 4.98 Å². The predicted octanol–water partition coefficient (Wildman–Crippen LogP) is 1.65. The third kappa shape index (κ3) is 2.21. The van der Waals surface area contributed by atoms with Crippen LogP contribution in [0.3, 0.4) is 0 Å². The van der Waals surface area contributed by atoms with Gasteiger partial charge in [0.25, 0.3) is 0 Å². The van der Waals surface area contributed by atoms with Crippen molar-refractivity contribution in [1.29, 1.82) is 0 Å². The molecule has 1 heterocycles. The van der Waals surface area contributed by atoms with E-state index >= 15 is 0 Å². The fourth-order valence-corrected chi connectivity index (χ4v) is 2.12. The van der Waals surface area contributed by atoms with E-state index in [1.807, 2.05) is 0 Å². The second-order valence-electron chi connectivity index (χ2n) is 3.32. The van der Waals surface area contributed by atoms with Gasteiger partial charge in [0.05, 0.1) is 12.1 Å². The average molecular weight is 250 g/mol. The molecule has 0 atom stereocenters. The van der Waals surface area contributed by atoms with Gasteiger partial charge < -0.3 is 15.3 Å². The minimum Gasteiger partial charge on any atom is -0.504 e. The molecule has 1 aromatic heterocycles. The second-order valence-corrected chi connectivity index (χ2v) is 4.20. The number of phenols is 2. The maximum atomic E-state index is 10.7. The van der Waals surface area contributed by atoms with Crippen LogP contribution in [0.1, 0.15) is 4.88 Å². The van der Waals surface area contributed by atoms with Crippen LogP contribution in [-0.2, 0) is 11.2 Å². The zero-order valence-electron chi connectivity index (χ0n) is 8.54. The first-order valence-corrected chi connectivity index (χ1v) is 5.50. The average Bonchev–Trinajstić information content (AvgIpc) is 2.69. The molecule has 6 heteroatoms. The van der Waals surface area contributed by atoms with E-state index in [1.54, 1.807) is 12.1 Å². The van der Waals surface area contributed by atoms with Crippen LogP contribution in [-0.4, -0.2) is 26.3 Å². The van der Waals surface area contributed by atoms with Gasteiger partial charge in [0.2, 0.25) is 0 Å². The fourth-order valence-electron chi connectivity index (χ4n) is 1.42. The van der Waals surface area contributed by atoms with E-state index in [0.717, 1.165) is 11.3 Å². The number of carboxylic acid groups (broad SMARTS) is 1. The molecule has 2 rings (SSSR count). The molecule has 3 N–H and O–H groups in total. The maximum Gasteiger partial charge on any atom is 0.308 e. The molecule has 0 bridgehead atoms. The highest BCUT2D eigenvalue weighted by Crippen LogP contribution is 2.37. The molecule has 0 aliphatic heterocycles. The van der Waals surface area contributed by atoms with E-state index in [-0.39, 0.29) is 17.9 Å². The third-order valence-electron chi connectivity index (χ3n) is 2.17. The van der Waals surface area contributed by atoms with Gasteiger partial charge in [-0.2, -0.15) is 0 Å². The molecule has 2 aromatic rings. The number of aromatic nitrogens is 1. The van der Waals surface area contributed by atoms with Crippen molar-refractivity contribution in [3.8, 4) is 22.8 Å². The molecule has 0 amide bonds. The largest absolute Gasteiger partial charge is 0.504 e. The van der Waals surface area contributed by atoms with Gasteiger partial charge in [0, 0.05) is 10.4 Å². The van der Waals surface area contributed by atoms with Crippen molar-refractivity contribution in [3.63, 3.8) is 0 Å². The maximum absolute atomic E-state index is 10.7. The summed E-state index contributed by atoms with van der Waals surface area (Å²) < 4.78 is 0. The molecule has 1 radical (unpaired) electrons. The molecule has 0 fully saturated rings. The lowest BCUT2D eigenvalue weighted by Crippen LogP contribution is -1.99. The summed E-state index contributed by atoms with van der Waals surface area (Å²) in [6.45, 7) is 0. The number of hydrogen-bond acceptors (Lipinski definition) is 5. The van der Waals surface area contributed by atoms with Crippen molar-refractivity contribution >= 4 is 17.3 Å². The molecular weight excluding hydrogens is 242 g/mol. The van der Waals surface area contributed by atoms with Crippen LogP contribution in [0, 0.1) is 5.51 Å². The van der Waals surface area contributed by atoms with E-state index in [4.69, 9.17) is 5.11 Å². The fraction of sp³-hybridized carbons (Fsp3) is 0.0909. The number of nitrogens with zero attached hydrogens (tertiary/aromatic N) is 1. The number of rotatable bonds is 3. The van der Waals surface area contributed by atoms with Crippen LogP contribution < -0.4 is 0 Å². The number of hydrogen-bond donors (Lipinski definition) is 3. The van der Waals surface area contributed by atoms with Gasteiger partial charge in [-0.05, 0) is 12.1 Å². The van der Waals surface area contributed by atoms with Gasteiger partial charge in [-0.15, -0.1) is 11.3 Å². The van der Waals surface area contributed by atoms with Gasteiger partial charge in [0.15, 0.2) is 17.0 Å². The SMILES string of the molecule is O=C(O)Cc1s[c]nc1-c1cccc(O)c1O. The van der Waals surface area contributed by atoms with Gasteiger partial charge in [-0.3, -0.25) is 4.79 Å². The Morgan fingerprint density at radius 2 is 2.18 bits per heavy atom. The molecule has 0 saturated heterocycles. The molecular formula is C11H8NO4S. The molecule has 87 valence electrons. The standard InChI is InChI=1S/C11H8NO4S/c13-7-3-1-2-6(11(7)16)10-8(4-9(14)15)17-5-12-10/h1-3,13,16H,4H2,(H,14,15). The predicted molar refractivity (Wildman–Crippen MR) is 61.1 cm³/mol. The molecule has 0 aliphatic carbocycles. The number of carbonyl (C=O) groups is 1. The minimum absolute atomic E-state index is 0.189. The summed E-state index contributed by atoms with van der Waals surface area (Å²) >= 11 is 1.08. The molecule has 1 aromatic carbocycles. The smallest absolute Gasteiger partial charge is 0.308 e. The van der Waals surface area contributed by atoms with Gasteiger partial charge >= 0.3 is 5.97 Å². The van der Waals surface area contributed by atoms with Crippen LogP contribution >= 0.6 is 11.3 Å². The molecule has 0 unspecified atom stereocenters. The van der Waals surface area contributed by atoms with Crippen molar-refractivity contribution < 1.29 is 20.1 Å². The third-order valence-corrected chi connectivity index (χ3v) is 2.94. The zero-order chi connectivity index (χ0) is 12.4. The van der Waals surface area contributed by atoms with Crippen molar-refractivity contribution in [1.82, 2.24) is 4.98 Å². The Balaban J connectivity index is 2.50. The van der Waals surface area contributed by atoms with E-state index in [9.17, 15) is 15.0 Å². The monoisotopic (exact) mass is 250 g/mol. The molecule has 17 heavy (non-hydrogen) atoms. The van der Waals surface area contributed by atoms with E-state index in [1.165, 1.54) is 6.07 Å². The lowest BCUT2D eigenvalue weighted by molar-refractivity contribution is -0.136. The Bertz CT molecular complexity index is 564. The van der Waals surface area contributed by atoms with Crippen LogP contribution in [0.2, 0.25) is 0 Å². The molecule has 0 saturated carbocycles. The van der Waals surface area contributed by atoms with E-state index < -0.39 is 5.97 Å². The van der Waals surface area contributed by atoms with Crippen molar-refractivity contribution in [3.05, 3.63) is 28.6 Å². The first kappa shape index (κ1) is 11.4. The first-order chi connectivity index (χ1) is 8.09. The number of thiazole rings is 1. The summed E-state index contributed by atoms with van der Waals surface area (Å²) in [6.07, 6.45) is -0.189. The van der Waals surface area contributed by atoms with Crippen LogP contribution in [0.4, 0.5) is 0 Å². The Morgan fingerprint density at radius 3 is 2.88 bits per heavy atom. The molecule has 0 aliphatic rings. The Morgan fingerprint density at radius 1 is 1.41 bits per heavy atom. The van der Waals surface area contributed by atoms with Gasteiger partial charge in [-0.1, -0.05) is 6.07 Å². The van der Waals surface area contributed by atoms with Gasteiger partial charge in [0.1, 0.15) is 0 Å². The topological polar surface area (TPSA) is 90.7 Å². The summed E-state index contributed by atoms with van der Waals surface area (Å²) in [5.74, 6) is -1.56. The van der Waals surface area contributed by atoms with Crippen LogP contribution in [0.15, 0.2) is 18.2 Å². The number of para-hydroxylation sites is 1. The Labute approximate surface area is 101 Å². The first-order valence-electron chi connectivity index (χ1n) is 4.68. The lowest BCUT2D eigenvalue weighted by atomic mass is 10.1. The van der Waals surface area contributed by atoms with Crippen molar-refractivity contribution in [2.45, 2.75) is 6.42 Å². The van der Waals surface area contributed by atoms with Crippen molar-refractivity contribution in [2.75, 3.05) is 0 Å². The highest BCUT2D eigenvalue weighted by molar-refractivity contribution is 7.09. The number of phenolic OH excluding ortho intramolecular Hbond substituents is 2. The summed E-state index contributed by atoms with van der Waals surface area (Å²) in [6, 6.07) is 4.45. The minimum atomic E-state index is -0.983. The zero-order valence-corrected chi connectivity index (χ0v) is 9.36. The van der Waals surface area contributed by atoms with Crippen LogP contribution in [0.25, 0.3) is 11.3 Å². The number of aliphatic carboxylic acids is 1. The second kappa shape index (κ2) is 4.42. The number of aromatic hydroxyl groups is 2. The summed E-state index contributed by atoms with van der Waals surface area (Å²) in [5, 5.41) is 27.8. The summed E-state index contributed by atoms with van der Waals surface area (Å²) in [7, 11) is 0. The highest BCUT2D eigenvalue weighted by atomic mass is 32.1. The summed E-state index contributed by atoms with van der Waals surface area (Å²) in [4.78, 5) is 15.0. The van der Waals surface area contributed by atoms with E-state index in [0.29, 0.717) is 16.1 Å². The Kier molecular flexibility index (Phi) is 2.97. The lowest BCUT2D eigenvalue weighted by Gasteiger charge is -2.04. The molecule has 5 nitrogen and oxygen atoms in total. The van der Waals surface area contributed by atoms with Crippen molar-refractivity contribution in [2.24, 2.45) is 0 Å². The number of benzene rings is 1. The quantitative estimate of drug-likeness (QED) is 0.720. The Hall–Kier alpha value is -2.08. The normalized spacial score (nSPS) is 10.4. The van der Waals surface area contributed by atoms with E-state index in [2.05, 4.69) is 10.5 Å². The number of carboxylic acids is 1. The highest BCUT2D eigenvalue weighted by Gasteiger charge is 2.16. The molecule has 0 spiro atoms. The summed E-state index contributed by atoms with van der Waals surface area (Å²) in [5.41, 5.74) is 3.23.